The number of rotatable bonds is 6. The molecule has 1 rings (SSSR count). The molecule has 0 unspecified atom stereocenters. The van der Waals surface area contributed by atoms with Crippen LogP contribution >= 0.6 is 27.5 Å². The first-order valence-corrected chi connectivity index (χ1v) is 7.65. The molecule has 5 heteroatoms. The van der Waals surface area contributed by atoms with Gasteiger partial charge in [-0.2, -0.15) is 0 Å². The van der Waals surface area contributed by atoms with E-state index in [0.29, 0.717) is 11.6 Å². The van der Waals surface area contributed by atoms with Gasteiger partial charge in [-0.1, -0.05) is 41.4 Å². The van der Waals surface area contributed by atoms with Gasteiger partial charge < -0.3 is 5.32 Å². The lowest BCUT2D eigenvalue weighted by Gasteiger charge is -2.24. The molecule has 1 amide bonds. The van der Waals surface area contributed by atoms with Crippen molar-refractivity contribution in [3.05, 3.63) is 34.6 Å². The molecule has 1 N–H and O–H groups in total. The van der Waals surface area contributed by atoms with Crippen LogP contribution in [-0.4, -0.2) is 17.8 Å². The molecule has 0 aliphatic carbocycles. The van der Waals surface area contributed by atoms with Crippen LogP contribution in [0.2, 0.25) is 5.02 Å². The standard InChI is InChI=1S/C14H18BrClFNO/c1-14(2,6-3-7-15)9-18-13(19)11-8-10(16)4-5-12(11)17/h4-5,8H,3,6-7,9H2,1-2H3,(H,18,19). The van der Waals surface area contributed by atoms with E-state index in [1.165, 1.54) is 18.2 Å². The molecule has 0 spiro atoms. The maximum Gasteiger partial charge on any atom is 0.254 e. The third-order valence-electron chi connectivity index (χ3n) is 2.89. The molecule has 0 bridgehead atoms. The number of carbonyl (C=O) groups is 1. The number of benzene rings is 1. The lowest BCUT2D eigenvalue weighted by atomic mass is 9.88. The zero-order valence-electron chi connectivity index (χ0n) is 11.1. The van der Waals surface area contributed by atoms with E-state index in [-0.39, 0.29) is 11.0 Å². The summed E-state index contributed by atoms with van der Waals surface area (Å²) in [6.07, 6.45) is 2.02. The van der Waals surface area contributed by atoms with Crippen LogP contribution in [0.15, 0.2) is 18.2 Å². The highest BCUT2D eigenvalue weighted by Gasteiger charge is 2.20. The molecule has 19 heavy (non-hydrogen) atoms. The summed E-state index contributed by atoms with van der Waals surface area (Å²) in [4.78, 5) is 11.9. The average molecular weight is 351 g/mol. The van der Waals surface area contributed by atoms with E-state index in [9.17, 15) is 9.18 Å². The Morgan fingerprint density at radius 2 is 2.16 bits per heavy atom. The first-order valence-electron chi connectivity index (χ1n) is 6.15. The monoisotopic (exact) mass is 349 g/mol. The number of hydrogen-bond donors (Lipinski definition) is 1. The normalized spacial score (nSPS) is 11.4. The van der Waals surface area contributed by atoms with Crippen molar-refractivity contribution in [3.8, 4) is 0 Å². The van der Waals surface area contributed by atoms with Crippen molar-refractivity contribution in [2.45, 2.75) is 26.7 Å². The molecule has 2 nitrogen and oxygen atoms in total. The van der Waals surface area contributed by atoms with Crippen molar-refractivity contribution in [1.82, 2.24) is 5.32 Å². The van der Waals surface area contributed by atoms with Crippen molar-refractivity contribution >= 4 is 33.4 Å². The Morgan fingerprint density at radius 3 is 2.79 bits per heavy atom. The van der Waals surface area contributed by atoms with Crippen LogP contribution in [0.5, 0.6) is 0 Å². The van der Waals surface area contributed by atoms with Gasteiger partial charge in [0.25, 0.3) is 5.91 Å². The van der Waals surface area contributed by atoms with Crippen LogP contribution in [0, 0.1) is 11.2 Å². The van der Waals surface area contributed by atoms with Gasteiger partial charge in [0, 0.05) is 16.9 Å². The quantitative estimate of drug-likeness (QED) is 0.757. The van der Waals surface area contributed by atoms with Crippen LogP contribution < -0.4 is 5.32 Å². The fourth-order valence-corrected chi connectivity index (χ4v) is 2.17. The SMILES string of the molecule is CC(C)(CCCBr)CNC(=O)c1cc(Cl)ccc1F. The molecule has 1 aromatic rings. The second-order valence-electron chi connectivity index (χ2n) is 5.26. The summed E-state index contributed by atoms with van der Waals surface area (Å²) < 4.78 is 13.5. The summed E-state index contributed by atoms with van der Waals surface area (Å²) in [5.41, 5.74) is -0.0258. The highest BCUT2D eigenvalue weighted by atomic mass is 79.9. The largest absolute Gasteiger partial charge is 0.351 e. The maximum atomic E-state index is 13.5. The highest BCUT2D eigenvalue weighted by Crippen LogP contribution is 2.22. The summed E-state index contributed by atoms with van der Waals surface area (Å²) in [6.45, 7) is 4.65. The molecule has 0 atom stereocenters. The first-order chi connectivity index (χ1) is 8.85. The first kappa shape index (κ1) is 16.4. The lowest BCUT2D eigenvalue weighted by molar-refractivity contribution is 0.0930. The summed E-state index contributed by atoms with van der Waals surface area (Å²) >= 11 is 9.15. The second-order valence-corrected chi connectivity index (χ2v) is 6.49. The summed E-state index contributed by atoms with van der Waals surface area (Å²) in [5.74, 6) is -0.980. The maximum absolute atomic E-state index is 13.5. The van der Waals surface area contributed by atoms with Crippen molar-refractivity contribution < 1.29 is 9.18 Å². The van der Waals surface area contributed by atoms with Gasteiger partial charge in [0.05, 0.1) is 5.56 Å². The second kappa shape index (κ2) is 7.25. The Bertz CT molecular complexity index is 451. The molecule has 0 radical (unpaired) electrons. The fourth-order valence-electron chi connectivity index (χ4n) is 1.72. The number of amides is 1. The molecule has 0 aliphatic heterocycles. The molecule has 0 aliphatic rings. The van der Waals surface area contributed by atoms with Gasteiger partial charge in [-0.25, -0.2) is 4.39 Å². The van der Waals surface area contributed by atoms with Crippen molar-refractivity contribution in [3.63, 3.8) is 0 Å². The molecule has 0 fully saturated rings. The van der Waals surface area contributed by atoms with Crippen LogP contribution in [0.1, 0.15) is 37.0 Å². The van der Waals surface area contributed by atoms with E-state index in [2.05, 4.69) is 35.1 Å². The van der Waals surface area contributed by atoms with Gasteiger partial charge in [-0.3, -0.25) is 4.79 Å². The molecule has 0 aromatic heterocycles. The zero-order chi connectivity index (χ0) is 14.5. The topological polar surface area (TPSA) is 29.1 Å². The summed E-state index contributed by atoms with van der Waals surface area (Å²) in [6, 6.07) is 3.97. The molecule has 106 valence electrons. The Hall–Kier alpha value is -0.610. The third-order valence-corrected chi connectivity index (χ3v) is 3.68. The van der Waals surface area contributed by atoms with Gasteiger partial charge >= 0.3 is 0 Å². The molecule has 0 saturated heterocycles. The van der Waals surface area contributed by atoms with Crippen LogP contribution in [0.4, 0.5) is 4.39 Å². The molecular weight excluding hydrogens is 333 g/mol. The van der Waals surface area contributed by atoms with Gasteiger partial charge in [0.15, 0.2) is 0 Å². The number of halogens is 3. The minimum absolute atomic E-state index is 0.0104. The predicted molar refractivity (Wildman–Crippen MR) is 80.6 cm³/mol. The summed E-state index contributed by atoms with van der Waals surface area (Å²) in [7, 11) is 0. The van der Waals surface area contributed by atoms with Crippen molar-refractivity contribution in [2.24, 2.45) is 5.41 Å². The van der Waals surface area contributed by atoms with Crippen molar-refractivity contribution in [2.75, 3.05) is 11.9 Å². The molecule has 1 aromatic carbocycles. The van der Waals surface area contributed by atoms with E-state index in [4.69, 9.17) is 11.6 Å². The van der Waals surface area contributed by atoms with E-state index >= 15 is 0 Å². The third kappa shape index (κ3) is 5.49. The summed E-state index contributed by atoms with van der Waals surface area (Å²) in [5, 5.41) is 4.05. The van der Waals surface area contributed by atoms with Gasteiger partial charge in [0.1, 0.15) is 5.82 Å². The van der Waals surface area contributed by atoms with E-state index in [0.717, 1.165) is 18.2 Å². The van der Waals surface area contributed by atoms with Crippen LogP contribution in [0.25, 0.3) is 0 Å². The highest BCUT2D eigenvalue weighted by molar-refractivity contribution is 9.09. The number of hydrogen-bond acceptors (Lipinski definition) is 1. The van der Waals surface area contributed by atoms with E-state index in [1.54, 1.807) is 0 Å². The Morgan fingerprint density at radius 1 is 1.47 bits per heavy atom. The Kier molecular flexibility index (Phi) is 6.27. The lowest BCUT2D eigenvalue weighted by Crippen LogP contribution is -2.34. The Labute approximate surface area is 126 Å². The zero-order valence-corrected chi connectivity index (χ0v) is 13.4. The van der Waals surface area contributed by atoms with E-state index in [1.807, 2.05) is 0 Å². The molecule has 0 saturated carbocycles. The average Bonchev–Trinajstić information content (AvgIpc) is 2.36. The van der Waals surface area contributed by atoms with Crippen molar-refractivity contribution in [1.29, 1.82) is 0 Å². The number of nitrogens with one attached hydrogen (secondary N) is 1. The fraction of sp³-hybridized carbons (Fsp3) is 0.500. The minimum Gasteiger partial charge on any atom is -0.351 e. The predicted octanol–water partition coefficient (Wildman–Crippen LogP) is 4.41. The number of carbonyl (C=O) groups excluding carboxylic acids is 1. The minimum atomic E-state index is -0.555. The smallest absolute Gasteiger partial charge is 0.254 e. The van der Waals surface area contributed by atoms with Crippen LogP contribution in [0.3, 0.4) is 0 Å². The Balaban J connectivity index is 2.62. The van der Waals surface area contributed by atoms with Gasteiger partial charge in [-0.05, 0) is 36.5 Å². The van der Waals surface area contributed by atoms with Gasteiger partial charge in [-0.15, -0.1) is 0 Å². The van der Waals surface area contributed by atoms with Crippen LogP contribution in [-0.2, 0) is 0 Å². The molecule has 0 heterocycles. The number of alkyl halides is 1. The van der Waals surface area contributed by atoms with Gasteiger partial charge in [0.2, 0.25) is 0 Å². The van der Waals surface area contributed by atoms with E-state index < -0.39 is 11.7 Å². The molecular formula is C14H18BrClFNO.